The van der Waals surface area contributed by atoms with Crippen LogP contribution in [0.1, 0.15) is 59.8 Å². The van der Waals surface area contributed by atoms with Gasteiger partial charge in [-0.05, 0) is 43.6 Å². The Labute approximate surface area is 114 Å². The molecule has 2 fully saturated rings. The van der Waals surface area contributed by atoms with E-state index in [1.54, 1.807) is 0 Å². The van der Waals surface area contributed by atoms with Gasteiger partial charge in [0.2, 0.25) is 0 Å². The molecule has 2 rings (SSSR count). The summed E-state index contributed by atoms with van der Waals surface area (Å²) in [7, 11) is 0. The third-order valence-electron chi connectivity index (χ3n) is 4.53. The molecule has 2 atom stereocenters. The fourth-order valence-corrected chi connectivity index (χ4v) is 3.07. The zero-order valence-corrected chi connectivity index (χ0v) is 12.8. The fraction of sp³-hybridized carbons (Fsp3) is 1.00. The van der Waals surface area contributed by atoms with E-state index in [9.17, 15) is 0 Å². The molecule has 106 valence electrons. The van der Waals surface area contributed by atoms with E-state index in [1.807, 2.05) is 0 Å². The van der Waals surface area contributed by atoms with Gasteiger partial charge in [0.1, 0.15) is 0 Å². The Kier molecular flexibility index (Phi) is 4.71. The molecule has 1 aliphatic heterocycles. The van der Waals surface area contributed by atoms with E-state index in [0.717, 1.165) is 18.0 Å². The molecule has 1 saturated heterocycles. The van der Waals surface area contributed by atoms with Crippen LogP contribution >= 0.6 is 0 Å². The molecular formula is C16H32N2. The Hall–Kier alpha value is -0.0800. The van der Waals surface area contributed by atoms with Crippen molar-refractivity contribution in [1.29, 1.82) is 0 Å². The first kappa shape index (κ1) is 14.3. The van der Waals surface area contributed by atoms with Crippen LogP contribution in [0.5, 0.6) is 0 Å². The summed E-state index contributed by atoms with van der Waals surface area (Å²) in [6, 6.07) is 1.57. The summed E-state index contributed by atoms with van der Waals surface area (Å²) < 4.78 is 0. The van der Waals surface area contributed by atoms with Gasteiger partial charge in [-0.1, -0.05) is 34.1 Å². The Balaban J connectivity index is 1.86. The van der Waals surface area contributed by atoms with E-state index in [-0.39, 0.29) is 0 Å². The maximum absolute atomic E-state index is 3.80. The maximum atomic E-state index is 3.80. The van der Waals surface area contributed by atoms with Gasteiger partial charge >= 0.3 is 0 Å². The molecule has 1 heterocycles. The van der Waals surface area contributed by atoms with Crippen LogP contribution in [0.2, 0.25) is 0 Å². The monoisotopic (exact) mass is 252 g/mol. The lowest BCUT2D eigenvalue weighted by Crippen LogP contribution is -2.57. The fourth-order valence-electron chi connectivity index (χ4n) is 3.07. The molecule has 18 heavy (non-hydrogen) atoms. The van der Waals surface area contributed by atoms with E-state index in [1.165, 1.54) is 51.7 Å². The Morgan fingerprint density at radius 2 is 1.94 bits per heavy atom. The summed E-state index contributed by atoms with van der Waals surface area (Å²) in [5.41, 5.74) is 0.469. The summed E-state index contributed by atoms with van der Waals surface area (Å²) >= 11 is 0. The van der Waals surface area contributed by atoms with Crippen molar-refractivity contribution in [2.45, 2.75) is 71.9 Å². The van der Waals surface area contributed by atoms with Crippen molar-refractivity contribution in [3.05, 3.63) is 0 Å². The first-order valence-corrected chi connectivity index (χ1v) is 7.97. The first-order chi connectivity index (χ1) is 8.49. The highest BCUT2D eigenvalue weighted by Gasteiger charge is 2.36. The number of rotatable bonds is 5. The molecule has 0 spiro atoms. The lowest BCUT2D eigenvalue weighted by atomic mass is 9.91. The zero-order valence-electron chi connectivity index (χ0n) is 12.8. The van der Waals surface area contributed by atoms with Crippen molar-refractivity contribution in [2.24, 2.45) is 11.3 Å². The van der Waals surface area contributed by atoms with Crippen LogP contribution in [-0.2, 0) is 0 Å². The minimum absolute atomic E-state index is 0.469. The maximum Gasteiger partial charge on any atom is 0.0224 e. The number of nitrogens with zero attached hydrogens (tertiary/aromatic N) is 1. The second kappa shape index (κ2) is 5.92. The van der Waals surface area contributed by atoms with Gasteiger partial charge in [0.15, 0.2) is 0 Å². The predicted molar refractivity (Wildman–Crippen MR) is 78.9 cm³/mol. The first-order valence-electron chi connectivity index (χ1n) is 7.97. The van der Waals surface area contributed by atoms with Gasteiger partial charge < -0.3 is 5.32 Å². The van der Waals surface area contributed by atoms with E-state index in [2.05, 4.69) is 37.9 Å². The molecule has 1 N–H and O–H groups in total. The second-order valence-electron chi connectivity index (χ2n) is 7.60. The second-order valence-corrected chi connectivity index (χ2v) is 7.60. The van der Waals surface area contributed by atoms with Gasteiger partial charge in [-0.3, -0.25) is 4.90 Å². The number of hydrogen-bond acceptors (Lipinski definition) is 2. The van der Waals surface area contributed by atoms with E-state index < -0.39 is 0 Å². The van der Waals surface area contributed by atoms with Crippen LogP contribution in [0, 0.1) is 11.3 Å². The molecule has 0 amide bonds. The zero-order chi connectivity index (χ0) is 13.2. The van der Waals surface area contributed by atoms with E-state index in [4.69, 9.17) is 0 Å². The highest BCUT2D eigenvalue weighted by atomic mass is 15.2. The summed E-state index contributed by atoms with van der Waals surface area (Å²) in [5, 5.41) is 3.80. The lowest BCUT2D eigenvalue weighted by molar-refractivity contribution is 0.102. The lowest BCUT2D eigenvalue weighted by Gasteiger charge is -2.41. The molecule has 2 heteroatoms. The Bertz CT molecular complexity index is 252. The predicted octanol–water partition coefficient (Wildman–Crippen LogP) is 3.28. The molecule has 1 saturated carbocycles. The minimum Gasteiger partial charge on any atom is -0.311 e. The van der Waals surface area contributed by atoms with Gasteiger partial charge in [0.25, 0.3) is 0 Å². The van der Waals surface area contributed by atoms with Gasteiger partial charge in [-0.2, -0.15) is 0 Å². The molecule has 2 unspecified atom stereocenters. The number of nitrogens with one attached hydrogen (secondary N) is 1. The molecule has 1 aliphatic carbocycles. The van der Waals surface area contributed by atoms with Crippen molar-refractivity contribution < 1.29 is 0 Å². The SMILES string of the molecule is CCCC1CNC(C2CC2)CN1CCC(C)(C)C. The average molecular weight is 252 g/mol. The quantitative estimate of drug-likeness (QED) is 0.808. The van der Waals surface area contributed by atoms with Crippen LogP contribution in [0.15, 0.2) is 0 Å². The molecule has 0 aromatic carbocycles. The highest BCUT2D eigenvalue weighted by molar-refractivity contribution is 4.94. The van der Waals surface area contributed by atoms with Gasteiger partial charge in [-0.15, -0.1) is 0 Å². The van der Waals surface area contributed by atoms with Gasteiger partial charge in [-0.25, -0.2) is 0 Å². The van der Waals surface area contributed by atoms with Crippen LogP contribution in [0.25, 0.3) is 0 Å². The number of hydrogen-bond donors (Lipinski definition) is 1. The highest BCUT2D eigenvalue weighted by Crippen LogP contribution is 2.34. The molecule has 0 aromatic heterocycles. The van der Waals surface area contributed by atoms with Crippen molar-refractivity contribution in [2.75, 3.05) is 19.6 Å². The molecular weight excluding hydrogens is 220 g/mol. The molecule has 0 bridgehead atoms. The van der Waals surface area contributed by atoms with Crippen molar-refractivity contribution in [3.63, 3.8) is 0 Å². The summed E-state index contributed by atoms with van der Waals surface area (Å²) in [4.78, 5) is 2.79. The Morgan fingerprint density at radius 3 is 2.50 bits per heavy atom. The van der Waals surface area contributed by atoms with Crippen molar-refractivity contribution in [3.8, 4) is 0 Å². The van der Waals surface area contributed by atoms with Crippen LogP contribution < -0.4 is 5.32 Å². The van der Waals surface area contributed by atoms with E-state index in [0.29, 0.717) is 5.41 Å². The summed E-state index contributed by atoms with van der Waals surface area (Å²) in [6.45, 7) is 13.2. The average Bonchev–Trinajstić information content (AvgIpc) is 3.11. The summed E-state index contributed by atoms with van der Waals surface area (Å²) in [6.07, 6.45) is 6.91. The minimum atomic E-state index is 0.469. The third kappa shape index (κ3) is 4.24. The normalized spacial score (nSPS) is 30.7. The van der Waals surface area contributed by atoms with Crippen LogP contribution in [-0.4, -0.2) is 36.6 Å². The molecule has 2 nitrogen and oxygen atoms in total. The van der Waals surface area contributed by atoms with Gasteiger partial charge in [0.05, 0.1) is 0 Å². The number of piperazine rings is 1. The molecule has 0 aromatic rings. The third-order valence-corrected chi connectivity index (χ3v) is 4.53. The largest absolute Gasteiger partial charge is 0.311 e. The topological polar surface area (TPSA) is 15.3 Å². The van der Waals surface area contributed by atoms with E-state index >= 15 is 0 Å². The molecule has 2 aliphatic rings. The van der Waals surface area contributed by atoms with Crippen molar-refractivity contribution in [1.82, 2.24) is 10.2 Å². The van der Waals surface area contributed by atoms with Crippen LogP contribution in [0.4, 0.5) is 0 Å². The molecule has 0 radical (unpaired) electrons. The standard InChI is InChI=1S/C16H32N2/c1-5-6-14-11-17-15(13-7-8-13)12-18(14)10-9-16(2,3)4/h13-15,17H,5-12H2,1-4H3. The van der Waals surface area contributed by atoms with Crippen LogP contribution in [0.3, 0.4) is 0 Å². The summed E-state index contributed by atoms with van der Waals surface area (Å²) in [5.74, 6) is 0.990. The van der Waals surface area contributed by atoms with Gasteiger partial charge in [0, 0.05) is 25.2 Å². The smallest absolute Gasteiger partial charge is 0.0224 e. The Morgan fingerprint density at radius 1 is 1.22 bits per heavy atom. The van der Waals surface area contributed by atoms with Crippen molar-refractivity contribution >= 4 is 0 Å².